The minimum Gasteiger partial charge on any atom is -0.494 e. The van der Waals surface area contributed by atoms with Crippen molar-refractivity contribution < 1.29 is 14.3 Å². The van der Waals surface area contributed by atoms with E-state index in [2.05, 4.69) is 36.4 Å². The van der Waals surface area contributed by atoms with Crippen LogP contribution in [-0.2, 0) is 0 Å². The summed E-state index contributed by atoms with van der Waals surface area (Å²) in [5, 5.41) is 8.35. The first kappa shape index (κ1) is 23.1. The number of para-hydroxylation sites is 1. The van der Waals surface area contributed by atoms with Crippen molar-refractivity contribution in [1.29, 1.82) is 0 Å². The number of amides is 2. The van der Waals surface area contributed by atoms with E-state index in [1.807, 2.05) is 6.07 Å². The number of anilines is 1. The van der Waals surface area contributed by atoms with Crippen molar-refractivity contribution in [3.05, 3.63) is 72.3 Å². The van der Waals surface area contributed by atoms with Crippen LogP contribution in [0.25, 0.3) is 0 Å². The average molecular weight is 426 g/mol. The zero-order chi connectivity index (χ0) is 21.9. The van der Waals surface area contributed by atoms with Gasteiger partial charge < -0.3 is 15.4 Å². The zero-order valence-corrected chi connectivity index (χ0v) is 18.1. The number of ether oxygens (including phenoxy) is 1. The van der Waals surface area contributed by atoms with Crippen LogP contribution in [0.15, 0.2) is 61.2 Å². The lowest BCUT2D eigenvalue weighted by atomic mass is 10.1. The Morgan fingerprint density at radius 3 is 2.63 bits per heavy atom. The first-order valence-corrected chi connectivity index (χ1v) is 10.1. The van der Waals surface area contributed by atoms with Crippen molar-refractivity contribution in [2.75, 3.05) is 18.5 Å². The molecule has 0 aliphatic heterocycles. The third-order valence-electron chi connectivity index (χ3n) is 4.11. The van der Waals surface area contributed by atoms with Gasteiger partial charge in [0.25, 0.3) is 11.8 Å². The quantitative estimate of drug-likeness (QED) is 0.415. The SMILES string of the molecule is C=CCNC(=O)c1ccccc1NC(=S)NC(=O)c1cccc(OCCC(C)C)c1. The highest BCUT2D eigenvalue weighted by atomic mass is 32.1. The predicted molar refractivity (Wildman–Crippen MR) is 124 cm³/mol. The van der Waals surface area contributed by atoms with Gasteiger partial charge in [0.05, 0.1) is 17.9 Å². The van der Waals surface area contributed by atoms with Crippen LogP contribution in [0.1, 0.15) is 41.0 Å². The maximum atomic E-state index is 12.6. The molecule has 0 saturated heterocycles. The molecule has 0 atom stereocenters. The van der Waals surface area contributed by atoms with Gasteiger partial charge in [0, 0.05) is 12.1 Å². The summed E-state index contributed by atoms with van der Waals surface area (Å²) in [6.45, 7) is 8.78. The Morgan fingerprint density at radius 2 is 1.90 bits per heavy atom. The number of benzene rings is 2. The maximum Gasteiger partial charge on any atom is 0.257 e. The fourth-order valence-corrected chi connectivity index (χ4v) is 2.72. The van der Waals surface area contributed by atoms with E-state index < -0.39 is 0 Å². The van der Waals surface area contributed by atoms with E-state index >= 15 is 0 Å². The molecule has 0 radical (unpaired) electrons. The molecule has 0 fully saturated rings. The van der Waals surface area contributed by atoms with Crippen molar-refractivity contribution in [2.24, 2.45) is 5.92 Å². The van der Waals surface area contributed by atoms with E-state index in [1.165, 1.54) is 0 Å². The van der Waals surface area contributed by atoms with Crippen LogP contribution in [0.3, 0.4) is 0 Å². The van der Waals surface area contributed by atoms with Gasteiger partial charge in [0.15, 0.2) is 5.11 Å². The highest BCUT2D eigenvalue weighted by Crippen LogP contribution is 2.16. The number of hydrogen-bond acceptors (Lipinski definition) is 4. The predicted octanol–water partition coefficient (Wildman–Crippen LogP) is 4.15. The van der Waals surface area contributed by atoms with E-state index in [1.54, 1.807) is 48.5 Å². The first-order valence-electron chi connectivity index (χ1n) is 9.74. The molecule has 7 heteroatoms. The van der Waals surface area contributed by atoms with Crippen LogP contribution in [0.5, 0.6) is 5.75 Å². The summed E-state index contributed by atoms with van der Waals surface area (Å²) in [6.07, 6.45) is 2.53. The second-order valence-corrected chi connectivity index (χ2v) is 7.42. The van der Waals surface area contributed by atoms with Crippen LogP contribution in [-0.4, -0.2) is 30.1 Å². The Morgan fingerprint density at radius 1 is 1.13 bits per heavy atom. The average Bonchev–Trinajstić information content (AvgIpc) is 2.72. The maximum absolute atomic E-state index is 12.6. The van der Waals surface area contributed by atoms with Gasteiger partial charge in [-0.15, -0.1) is 6.58 Å². The van der Waals surface area contributed by atoms with E-state index in [-0.39, 0.29) is 16.9 Å². The van der Waals surface area contributed by atoms with Crippen molar-refractivity contribution in [1.82, 2.24) is 10.6 Å². The lowest BCUT2D eigenvalue weighted by Gasteiger charge is -2.14. The van der Waals surface area contributed by atoms with Gasteiger partial charge in [0.1, 0.15) is 5.75 Å². The molecule has 0 heterocycles. The Bertz CT molecular complexity index is 912. The molecule has 0 aliphatic carbocycles. The molecule has 6 nitrogen and oxygen atoms in total. The molecule has 2 aromatic rings. The summed E-state index contributed by atoms with van der Waals surface area (Å²) in [6, 6.07) is 13.8. The van der Waals surface area contributed by atoms with Gasteiger partial charge in [-0.1, -0.05) is 38.1 Å². The summed E-state index contributed by atoms with van der Waals surface area (Å²) in [5.41, 5.74) is 1.34. The summed E-state index contributed by atoms with van der Waals surface area (Å²) in [5.74, 6) is 0.543. The molecule has 158 valence electrons. The van der Waals surface area contributed by atoms with Gasteiger partial charge in [-0.3, -0.25) is 14.9 Å². The highest BCUT2D eigenvalue weighted by molar-refractivity contribution is 7.80. The normalized spacial score (nSPS) is 10.2. The summed E-state index contributed by atoms with van der Waals surface area (Å²) >= 11 is 5.26. The van der Waals surface area contributed by atoms with Crippen LogP contribution >= 0.6 is 12.2 Å². The number of hydrogen-bond donors (Lipinski definition) is 3. The summed E-state index contributed by atoms with van der Waals surface area (Å²) < 4.78 is 5.70. The molecule has 0 aliphatic rings. The second-order valence-electron chi connectivity index (χ2n) is 7.01. The molecule has 0 unspecified atom stereocenters. The van der Waals surface area contributed by atoms with E-state index in [0.717, 1.165) is 6.42 Å². The van der Waals surface area contributed by atoms with Crippen LogP contribution in [0.2, 0.25) is 0 Å². The van der Waals surface area contributed by atoms with E-state index in [9.17, 15) is 9.59 Å². The fourth-order valence-electron chi connectivity index (χ4n) is 2.52. The molecule has 0 bridgehead atoms. The zero-order valence-electron chi connectivity index (χ0n) is 17.2. The molecule has 2 rings (SSSR count). The van der Waals surface area contributed by atoms with E-state index in [4.69, 9.17) is 17.0 Å². The Balaban J connectivity index is 1.99. The number of thiocarbonyl (C=S) groups is 1. The molecule has 2 aromatic carbocycles. The van der Waals surface area contributed by atoms with Crippen LogP contribution < -0.4 is 20.7 Å². The molecule has 0 spiro atoms. The minimum absolute atomic E-state index is 0.0927. The molecular formula is C23H27N3O3S. The molecule has 3 N–H and O–H groups in total. The van der Waals surface area contributed by atoms with Gasteiger partial charge in [0.2, 0.25) is 0 Å². The third kappa shape index (κ3) is 7.33. The van der Waals surface area contributed by atoms with Gasteiger partial charge in [-0.05, 0) is 54.9 Å². The Hall–Kier alpha value is -3.19. The standard InChI is InChI=1S/C23H27N3O3S/c1-4-13-24-22(28)19-10-5-6-11-20(19)25-23(30)26-21(27)17-8-7-9-18(15-17)29-14-12-16(2)3/h4-11,15-16H,1,12-14H2,2-3H3,(H,24,28)(H2,25,26,27,30). The molecule has 0 aromatic heterocycles. The number of nitrogens with one attached hydrogen (secondary N) is 3. The summed E-state index contributed by atoms with van der Waals surface area (Å²) in [4.78, 5) is 24.8. The third-order valence-corrected chi connectivity index (χ3v) is 4.32. The van der Waals surface area contributed by atoms with E-state index in [0.29, 0.717) is 41.6 Å². The van der Waals surface area contributed by atoms with Crippen LogP contribution in [0.4, 0.5) is 5.69 Å². The van der Waals surface area contributed by atoms with Gasteiger partial charge in [-0.2, -0.15) is 0 Å². The first-order chi connectivity index (χ1) is 14.4. The lowest BCUT2D eigenvalue weighted by Crippen LogP contribution is -2.35. The van der Waals surface area contributed by atoms with Crippen molar-refractivity contribution >= 4 is 34.8 Å². The van der Waals surface area contributed by atoms with Gasteiger partial charge >= 0.3 is 0 Å². The molecule has 2 amide bonds. The number of carbonyl (C=O) groups is 2. The Labute approximate surface area is 182 Å². The highest BCUT2D eigenvalue weighted by Gasteiger charge is 2.13. The second kappa shape index (κ2) is 11.7. The molecule has 0 saturated carbocycles. The minimum atomic E-state index is -0.365. The number of carbonyl (C=O) groups excluding carboxylic acids is 2. The topological polar surface area (TPSA) is 79.5 Å². The lowest BCUT2D eigenvalue weighted by molar-refractivity contribution is 0.0956. The smallest absolute Gasteiger partial charge is 0.257 e. The monoisotopic (exact) mass is 425 g/mol. The van der Waals surface area contributed by atoms with Crippen molar-refractivity contribution in [3.63, 3.8) is 0 Å². The van der Waals surface area contributed by atoms with Crippen molar-refractivity contribution in [3.8, 4) is 5.75 Å². The van der Waals surface area contributed by atoms with Gasteiger partial charge in [-0.25, -0.2) is 0 Å². The fraction of sp³-hybridized carbons (Fsp3) is 0.261. The molecular weight excluding hydrogens is 398 g/mol. The number of rotatable bonds is 9. The van der Waals surface area contributed by atoms with Crippen molar-refractivity contribution in [2.45, 2.75) is 20.3 Å². The summed E-state index contributed by atoms with van der Waals surface area (Å²) in [7, 11) is 0. The Kier molecular flexibility index (Phi) is 9.03. The van der Waals surface area contributed by atoms with Crippen LogP contribution in [0, 0.1) is 5.92 Å². The largest absolute Gasteiger partial charge is 0.494 e. The molecule has 30 heavy (non-hydrogen) atoms.